The summed E-state index contributed by atoms with van der Waals surface area (Å²) in [7, 11) is -4.49. The first-order valence-electron chi connectivity index (χ1n) is 13.2. The van der Waals surface area contributed by atoms with Crippen molar-refractivity contribution in [1.82, 2.24) is 10.2 Å². The maximum absolute atomic E-state index is 14.0. The van der Waals surface area contributed by atoms with Crippen LogP contribution in [0.25, 0.3) is 0 Å². The summed E-state index contributed by atoms with van der Waals surface area (Å²) in [5.74, 6) is -1.15. The molecule has 41 heavy (non-hydrogen) atoms. The molecule has 1 N–H and O–H groups in total. The number of carbonyl (C=O) groups excluding carboxylic acids is 2. The van der Waals surface area contributed by atoms with Crippen LogP contribution in [0.1, 0.15) is 42.5 Å². The lowest BCUT2D eigenvalue weighted by Gasteiger charge is -2.33. The average molecular weight is 590 g/mol. The highest BCUT2D eigenvalue weighted by molar-refractivity contribution is 7.92. The third-order valence-corrected chi connectivity index (χ3v) is 8.31. The molecule has 3 aromatic rings. The van der Waals surface area contributed by atoms with E-state index in [0.29, 0.717) is 22.5 Å². The summed E-state index contributed by atoms with van der Waals surface area (Å²) < 4.78 is 69.1. The standard InChI is InChI=1S/C30H34F3N3O4S/c1-5-27(29(38)34-6-2)35(19-23-10-7-9-22(4)17-23)28(37)20-36(25-12-8-11-24(18-25)30(31,32)33)41(39,40)26-15-13-21(3)14-16-26/h7-18,27H,5-6,19-20H2,1-4H3,(H,34,38)/t27-/m1/s1. The number of halogens is 3. The van der Waals surface area contributed by atoms with E-state index in [0.717, 1.165) is 23.3 Å². The predicted octanol–water partition coefficient (Wildman–Crippen LogP) is 5.46. The minimum Gasteiger partial charge on any atom is -0.355 e. The molecule has 0 aliphatic heterocycles. The van der Waals surface area contributed by atoms with Crippen LogP contribution in [-0.2, 0) is 32.3 Å². The number of anilines is 1. The fourth-order valence-corrected chi connectivity index (χ4v) is 5.83. The van der Waals surface area contributed by atoms with E-state index in [9.17, 15) is 31.2 Å². The fourth-order valence-electron chi connectivity index (χ4n) is 4.42. The summed E-state index contributed by atoms with van der Waals surface area (Å²) in [5.41, 5.74) is 1.04. The summed E-state index contributed by atoms with van der Waals surface area (Å²) in [6, 6.07) is 16.0. The summed E-state index contributed by atoms with van der Waals surface area (Å²) in [4.78, 5) is 28.0. The van der Waals surface area contributed by atoms with Crippen molar-refractivity contribution < 1.29 is 31.2 Å². The Morgan fingerprint density at radius 3 is 2.15 bits per heavy atom. The summed E-state index contributed by atoms with van der Waals surface area (Å²) in [5, 5.41) is 2.71. The molecule has 1 atom stereocenters. The van der Waals surface area contributed by atoms with Gasteiger partial charge in [0, 0.05) is 13.1 Å². The highest BCUT2D eigenvalue weighted by atomic mass is 32.2. The van der Waals surface area contributed by atoms with Crippen molar-refractivity contribution in [3.8, 4) is 0 Å². The lowest BCUT2D eigenvalue weighted by atomic mass is 10.1. The van der Waals surface area contributed by atoms with Gasteiger partial charge in [0.25, 0.3) is 10.0 Å². The normalized spacial score (nSPS) is 12.5. The van der Waals surface area contributed by atoms with Crippen LogP contribution >= 0.6 is 0 Å². The molecule has 7 nitrogen and oxygen atoms in total. The zero-order chi connectivity index (χ0) is 30.4. The molecule has 3 rings (SSSR count). The molecule has 0 unspecified atom stereocenters. The first-order valence-corrected chi connectivity index (χ1v) is 14.6. The fraction of sp³-hybridized carbons (Fsp3) is 0.333. The molecule has 2 amide bonds. The van der Waals surface area contributed by atoms with Crippen molar-refractivity contribution in [2.24, 2.45) is 0 Å². The zero-order valence-electron chi connectivity index (χ0n) is 23.4. The second-order valence-electron chi connectivity index (χ2n) is 9.70. The molecule has 0 saturated carbocycles. The van der Waals surface area contributed by atoms with Gasteiger partial charge in [0.15, 0.2) is 0 Å². The van der Waals surface area contributed by atoms with Gasteiger partial charge in [-0.3, -0.25) is 13.9 Å². The number of alkyl halides is 3. The lowest BCUT2D eigenvalue weighted by molar-refractivity contribution is -0.140. The van der Waals surface area contributed by atoms with Gasteiger partial charge in [-0.25, -0.2) is 8.42 Å². The molecular weight excluding hydrogens is 555 g/mol. The highest BCUT2D eigenvalue weighted by Crippen LogP contribution is 2.33. The molecule has 0 radical (unpaired) electrons. The molecular formula is C30H34F3N3O4S. The Bertz CT molecular complexity index is 1470. The largest absolute Gasteiger partial charge is 0.416 e. The number of hydrogen-bond acceptors (Lipinski definition) is 4. The molecule has 0 heterocycles. The van der Waals surface area contributed by atoms with E-state index in [1.165, 1.54) is 23.1 Å². The number of sulfonamides is 1. The van der Waals surface area contributed by atoms with E-state index in [-0.39, 0.29) is 23.5 Å². The monoisotopic (exact) mass is 589 g/mol. The van der Waals surface area contributed by atoms with E-state index in [1.807, 2.05) is 19.1 Å². The molecule has 0 aromatic heterocycles. The average Bonchev–Trinajstić information content (AvgIpc) is 2.91. The van der Waals surface area contributed by atoms with E-state index >= 15 is 0 Å². The predicted molar refractivity (Wildman–Crippen MR) is 152 cm³/mol. The number of amides is 2. The number of carbonyl (C=O) groups is 2. The van der Waals surface area contributed by atoms with Crippen LogP contribution in [0.2, 0.25) is 0 Å². The Balaban J connectivity index is 2.12. The Morgan fingerprint density at radius 2 is 1.56 bits per heavy atom. The van der Waals surface area contributed by atoms with E-state index < -0.39 is 46.2 Å². The summed E-state index contributed by atoms with van der Waals surface area (Å²) in [6.45, 7) is 6.60. The van der Waals surface area contributed by atoms with Crippen molar-refractivity contribution in [3.63, 3.8) is 0 Å². The second-order valence-corrected chi connectivity index (χ2v) is 11.6. The van der Waals surface area contributed by atoms with E-state index in [2.05, 4.69) is 5.32 Å². The van der Waals surface area contributed by atoms with Crippen molar-refractivity contribution in [3.05, 3.63) is 95.1 Å². The zero-order valence-corrected chi connectivity index (χ0v) is 24.2. The maximum atomic E-state index is 14.0. The van der Waals surface area contributed by atoms with Gasteiger partial charge in [-0.05, 0) is 63.1 Å². The molecule has 220 valence electrons. The Kier molecular flexibility index (Phi) is 10.2. The molecule has 0 aliphatic carbocycles. The topological polar surface area (TPSA) is 86.8 Å². The van der Waals surface area contributed by atoms with Crippen LogP contribution in [0.4, 0.5) is 18.9 Å². The van der Waals surface area contributed by atoms with Gasteiger partial charge in [-0.2, -0.15) is 13.2 Å². The number of nitrogens with one attached hydrogen (secondary N) is 1. The van der Waals surface area contributed by atoms with Crippen LogP contribution in [0.3, 0.4) is 0 Å². The van der Waals surface area contributed by atoms with Crippen molar-refractivity contribution >= 4 is 27.5 Å². The number of likely N-dealkylation sites (N-methyl/N-ethyl adjacent to an activating group) is 1. The van der Waals surface area contributed by atoms with Crippen LogP contribution in [0.5, 0.6) is 0 Å². The van der Waals surface area contributed by atoms with Gasteiger partial charge in [-0.1, -0.05) is 60.5 Å². The van der Waals surface area contributed by atoms with Gasteiger partial charge in [0.05, 0.1) is 16.1 Å². The van der Waals surface area contributed by atoms with Gasteiger partial charge < -0.3 is 10.2 Å². The maximum Gasteiger partial charge on any atom is 0.416 e. The van der Waals surface area contributed by atoms with Crippen molar-refractivity contribution in [2.75, 3.05) is 17.4 Å². The molecule has 0 fully saturated rings. The van der Waals surface area contributed by atoms with Gasteiger partial charge in [0.1, 0.15) is 12.6 Å². The minimum atomic E-state index is -4.73. The van der Waals surface area contributed by atoms with Crippen LogP contribution in [-0.4, -0.2) is 44.3 Å². The number of nitrogens with zero attached hydrogens (tertiary/aromatic N) is 2. The van der Waals surface area contributed by atoms with Crippen molar-refractivity contribution in [2.45, 2.75) is 57.8 Å². The number of aryl methyl sites for hydroxylation is 2. The second kappa shape index (κ2) is 13.2. The van der Waals surface area contributed by atoms with Gasteiger partial charge in [-0.15, -0.1) is 0 Å². The van der Waals surface area contributed by atoms with Crippen LogP contribution in [0, 0.1) is 13.8 Å². The number of hydrogen-bond donors (Lipinski definition) is 1. The molecule has 0 spiro atoms. The molecule has 0 aliphatic rings. The Labute approximate surface area is 239 Å². The Hall–Kier alpha value is -3.86. The number of rotatable bonds is 11. The lowest BCUT2D eigenvalue weighted by Crippen LogP contribution is -2.52. The minimum absolute atomic E-state index is 0.00281. The Morgan fingerprint density at radius 1 is 0.902 bits per heavy atom. The van der Waals surface area contributed by atoms with E-state index in [1.54, 1.807) is 45.0 Å². The third kappa shape index (κ3) is 7.87. The smallest absolute Gasteiger partial charge is 0.355 e. The summed E-state index contributed by atoms with van der Waals surface area (Å²) in [6.07, 6.45) is -4.50. The van der Waals surface area contributed by atoms with Crippen LogP contribution < -0.4 is 9.62 Å². The third-order valence-electron chi connectivity index (χ3n) is 6.52. The molecule has 3 aromatic carbocycles. The van der Waals surface area contributed by atoms with E-state index in [4.69, 9.17) is 0 Å². The highest BCUT2D eigenvalue weighted by Gasteiger charge is 2.35. The van der Waals surface area contributed by atoms with Crippen molar-refractivity contribution in [1.29, 1.82) is 0 Å². The first-order chi connectivity index (χ1) is 19.3. The van der Waals surface area contributed by atoms with Gasteiger partial charge >= 0.3 is 6.18 Å². The molecule has 0 bridgehead atoms. The van der Waals surface area contributed by atoms with Crippen LogP contribution in [0.15, 0.2) is 77.7 Å². The number of benzene rings is 3. The molecule has 11 heteroatoms. The SMILES string of the molecule is CCNC(=O)[C@@H](CC)N(Cc1cccc(C)c1)C(=O)CN(c1cccc(C(F)(F)F)c1)S(=O)(=O)c1ccc(C)cc1. The quantitative estimate of drug-likeness (QED) is 0.322. The molecule has 0 saturated heterocycles. The van der Waals surface area contributed by atoms with Gasteiger partial charge in [0.2, 0.25) is 11.8 Å². The first kappa shape index (κ1) is 31.7. The summed E-state index contributed by atoms with van der Waals surface area (Å²) >= 11 is 0.